The van der Waals surface area contributed by atoms with Gasteiger partial charge in [-0.2, -0.15) is 0 Å². The number of carbonyl (C=O) groups is 3. The molecule has 35 heavy (non-hydrogen) atoms. The Kier molecular flexibility index (Phi) is 6.74. The van der Waals surface area contributed by atoms with Crippen LogP contribution < -0.4 is 10.6 Å². The van der Waals surface area contributed by atoms with Crippen LogP contribution in [0.15, 0.2) is 18.2 Å². The summed E-state index contributed by atoms with van der Waals surface area (Å²) in [5, 5.41) is 16.3. The molecule has 3 aliphatic rings. The molecule has 0 radical (unpaired) electrons. The van der Waals surface area contributed by atoms with Gasteiger partial charge in [0.1, 0.15) is 11.6 Å². The van der Waals surface area contributed by atoms with Crippen molar-refractivity contribution < 1.29 is 24.2 Å². The lowest BCUT2D eigenvalue weighted by atomic mass is 9.66. The molecule has 6 atom stereocenters. The normalized spacial score (nSPS) is 32.2. The minimum absolute atomic E-state index is 0.0877. The maximum atomic E-state index is 14.1. The highest BCUT2D eigenvalue weighted by atomic mass is 16.5. The van der Waals surface area contributed by atoms with E-state index in [9.17, 15) is 19.5 Å². The quantitative estimate of drug-likeness (QED) is 0.525. The highest BCUT2D eigenvalue weighted by Crippen LogP contribution is 2.63. The predicted molar refractivity (Wildman–Crippen MR) is 133 cm³/mol. The SMILES string of the molecule is CCCNC(=O)[C@@H]1[C@H]2C(=O)N([C@@H](CO)C(C)C)C(C(=O)Nc3cc(C)ccc3C)C23CC[C@@]1(C)O3. The first kappa shape index (κ1) is 25.6. The molecule has 3 fully saturated rings. The van der Waals surface area contributed by atoms with Gasteiger partial charge in [0, 0.05) is 12.2 Å². The van der Waals surface area contributed by atoms with Crippen molar-refractivity contribution in [3.8, 4) is 0 Å². The summed E-state index contributed by atoms with van der Waals surface area (Å²) in [6, 6.07) is 4.33. The summed E-state index contributed by atoms with van der Waals surface area (Å²) in [7, 11) is 0. The van der Waals surface area contributed by atoms with Gasteiger partial charge in [-0.05, 0) is 63.1 Å². The van der Waals surface area contributed by atoms with Gasteiger partial charge in [0.15, 0.2) is 0 Å². The zero-order valence-corrected chi connectivity index (χ0v) is 21.7. The van der Waals surface area contributed by atoms with Crippen LogP contribution >= 0.6 is 0 Å². The third-order valence-electron chi connectivity index (χ3n) is 8.26. The smallest absolute Gasteiger partial charge is 0.250 e. The van der Waals surface area contributed by atoms with Crippen molar-refractivity contribution in [2.24, 2.45) is 17.8 Å². The molecule has 0 aromatic heterocycles. The maximum Gasteiger partial charge on any atom is 0.250 e. The van der Waals surface area contributed by atoms with Crippen LogP contribution in [-0.2, 0) is 19.1 Å². The molecule has 192 valence electrons. The largest absolute Gasteiger partial charge is 0.394 e. The van der Waals surface area contributed by atoms with Gasteiger partial charge in [0.05, 0.1) is 30.1 Å². The van der Waals surface area contributed by atoms with Crippen molar-refractivity contribution >= 4 is 23.4 Å². The van der Waals surface area contributed by atoms with E-state index in [1.54, 1.807) is 0 Å². The molecule has 3 amide bonds. The zero-order chi connectivity index (χ0) is 25.7. The van der Waals surface area contributed by atoms with E-state index in [1.807, 2.05) is 59.7 Å². The first-order chi connectivity index (χ1) is 16.5. The molecular weight excluding hydrogens is 446 g/mol. The number of anilines is 1. The number of benzene rings is 1. The Morgan fingerprint density at radius 2 is 1.94 bits per heavy atom. The van der Waals surface area contributed by atoms with Gasteiger partial charge in [-0.25, -0.2) is 0 Å². The second-order valence-corrected chi connectivity index (χ2v) is 11.1. The molecule has 0 aliphatic carbocycles. The monoisotopic (exact) mass is 485 g/mol. The van der Waals surface area contributed by atoms with Gasteiger partial charge < -0.3 is 25.4 Å². The number of amides is 3. The molecular formula is C27H39N3O5. The predicted octanol–water partition coefficient (Wildman–Crippen LogP) is 2.55. The number of carbonyl (C=O) groups excluding carboxylic acids is 3. The van der Waals surface area contributed by atoms with Gasteiger partial charge >= 0.3 is 0 Å². The van der Waals surface area contributed by atoms with Crippen LogP contribution in [0.5, 0.6) is 0 Å². The molecule has 4 rings (SSSR count). The van der Waals surface area contributed by atoms with Crippen molar-refractivity contribution in [2.75, 3.05) is 18.5 Å². The molecule has 2 bridgehead atoms. The zero-order valence-electron chi connectivity index (χ0n) is 21.7. The Hall–Kier alpha value is -2.45. The number of likely N-dealkylation sites (tertiary alicyclic amines) is 1. The number of aryl methyl sites for hydroxylation is 2. The Labute approximate surface area is 207 Å². The summed E-state index contributed by atoms with van der Waals surface area (Å²) < 4.78 is 6.62. The molecule has 3 aliphatic heterocycles. The lowest BCUT2D eigenvalue weighted by molar-refractivity contribution is -0.149. The van der Waals surface area contributed by atoms with Gasteiger partial charge in [-0.3, -0.25) is 14.4 Å². The number of fused-ring (bicyclic) bond motifs is 1. The summed E-state index contributed by atoms with van der Waals surface area (Å²) >= 11 is 0. The average Bonchev–Trinajstić information content (AvgIpc) is 3.36. The highest BCUT2D eigenvalue weighted by Gasteiger charge is 2.78. The van der Waals surface area contributed by atoms with Crippen molar-refractivity contribution in [1.29, 1.82) is 0 Å². The fourth-order valence-electron chi connectivity index (χ4n) is 6.47. The van der Waals surface area contributed by atoms with Crippen LogP contribution in [0.2, 0.25) is 0 Å². The number of aliphatic hydroxyl groups excluding tert-OH is 1. The minimum Gasteiger partial charge on any atom is -0.394 e. The fourth-order valence-corrected chi connectivity index (χ4v) is 6.47. The van der Waals surface area contributed by atoms with Crippen LogP contribution in [0.3, 0.4) is 0 Å². The number of hydrogen-bond donors (Lipinski definition) is 3. The van der Waals surface area contributed by atoms with Gasteiger partial charge in [-0.15, -0.1) is 0 Å². The molecule has 8 nitrogen and oxygen atoms in total. The summed E-state index contributed by atoms with van der Waals surface area (Å²) in [6.45, 7) is 11.8. The van der Waals surface area contributed by atoms with E-state index in [2.05, 4.69) is 10.6 Å². The summed E-state index contributed by atoms with van der Waals surface area (Å²) in [4.78, 5) is 42.9. The number of rotatable bonds is 8. The molecule has 3 saturated heterocycles. The van der Waals surface area contributed by atoms with E-state index in [0.29, 0.717) is 25.1 Å². The van der Waals surface area contributed by atoms with Crippen molar-refractivity contribution in [3.63, 3.8) is 0 Å². The Morgan fingerprint density at radius 1 is 1.23 bits per heavy atom. The third-order valence-corrected chi connectivity index (χ3v) is 8.26. The van der Waals surface area contributed by atoms with Crippen LogP contribution in [-0.4, -0.2) is 64.2 Å². The second kappa shape index (κ2) is 9.21. The average molecular weight is 486 g/mol. The lowest BCUT2D eigenvalue weighted by Crippen LogP contribution is -2.57. The Balaban J connectivity index is 1.78. The molecule has 0 saturated carbocycles. The first-order valence-electron chi connectivity index (χ1n) is 12.8. The topological polar surface area (TPSA) is 108 Å². The summed E-state index contributed by atoms with van der Waals surface area (Å²) in [5.41, 5.74) is 0.689. The standard InChI is InChI=1S/C27H39N3O5/c1-7-12-28-23(32)20-21-25(34)30(19(14-31)15(2)3)22(27(21)11-10-26(20,6)35-27)24(33)29-18-13-16(4)8-9-17(18)5/h8-9,13,15,19-22,31H,7,10-12,14H2,1-6H3,(H,28,32)(H,29,33)/t19-,20-,21-,22?,26+,27?/m0/s1. The summed E-state index contributed by atoms with van der Waals surface area (Å²) in [5.74, 6) is -2.35. The molecule has 1 aromatic carbocycles. The van der Waals surface area contributed by atoms with Crippen molar-refractivity contribution in [2.45, 2.75) is 84.1 Å². The minimum atomic E-state index is -1.11. The van der Waals surface area contributed by atoms with E-state index in [-0.39, 0.29) is 30.2 Å². The van der Waals surface area contributed by atoms with Crippen LogP contribution in [0.4, 0.5) is 5.69 Å². The van der Waals surface area contributed by atoms with E-state index < -0.39 is 35.1 Å². The van der Waals surface area contributed by atoms with E-state index in [4.69, 9.17) is 4.74 Å². The third kappa shape index (κ3) is 3.95. The number of nitrogens with zero attached hydrogens (tertiary/aromatic N) is 1. The van der Waals surface area contributed by atoms with E-state index in [0.717, 1.165) is 17.5 Å². The first-order valence-corrected chi connectivity index (χ1v) is 12.8. The molecule has 2 unspecified atom stereocenters. The van der Waals surface area contributed by atoms with Gasteiger partial charge in [-0.1, -0.05) is 32.9 Å². The summed E-state index contributed by atoms with van der Waals surface area (Å²) in [6.07, 6.45) is 1.88. The Bertz CT molecular complexity index is 1030. The van der Waals surface area contributed by atoms with Crippen LogP contribution in [0.1, 0.15) is 58.1 Å². The van der Waals surface area contributed by atoms with Crippen LogP contribution in [0, 0.1) is 31.6 Å². The van der Waals surface area contributed by atoms with Crippen LogP contribution in [0.25, 0.3) is 0 Å². The maximum absolute atomic E-state index is 14.1. The van der Waals surface area contributed by atoms with Crippen molar-refractivity contribution in [3.05, 3.63) is 29.3 Å². The van der Waals surface area contributed by atoms with E-state index in [1.165, 1.54) is 4.90 Å². The number of ether oxygens (including phenoxy) is 1. The second-order valence-electron chi connectivity index (χ2n) is 11.1. The van der Waals surface area contributed by atoms with Crippen molar-refractivity contribution in [1.82, 2.24) is 10.2 Å². The number of nitrogens with one attached hydrogen (secondary N) is 2. The molecule has 3 heterocycles. The van der Waals surface area contributed by atoms with Gasteiger partial charge in [0.25, 0.3) is 0 Å². The van der Waals surface area contributed by atoms with E-state index >= 15 is 0 Å². The Morgan fingerprint density at radius 3 is 2.57 bits per heavy atom. The molecule has 1 spiro atoms. The number of hydrogen-bond acceptors (Lipinski definition) is 5. The number of aliphatic hydroxyl groups is 1. The van der Waals surface area contributed by atoms with Gasteiger partial charge in [0.2, 0.25) is 17.7 Å². The fraction of sp³-hybridized carbons (Fsp3) is 0.667. The molecule has 3 N–H and O–H groups in total. The molecule has 8 heteroatoms. The lowest BCUT2D eigenvalue weighted by Gasteiger charge is -2.38. The molecule has 1 aromatic rings. The highest BCUT2D eigenvalue weighted by molar-refractivity contribution is 6.04.